The van der Waals surface area contributed by atoms with Crippen LogP contribution in [0, 0.1) is 0 Å². The standard InChI is InChI=1S/C12H14ClNO4S/c1-12(5-6-18-8-12)14-11(15)9-3-2-4-10(7-9)19(13,16)17/h2-4,7H,5-6,8H2,1H3,(H,14,15). The molecule has 1 aromatic carbocycles. The second-order valence-corrected chi connectivity index (χ2v) is 7.35. The Morgan fingerprint density at radius 1 is 1.47 bits per heavy atom. The Morgan fingerprint density at radius 2 is 2.21 bits per heavy atom. The molecule has 0 aliphatic carbocycles. The van der Waals surface area contributed by atoms with Gasteiger partial charge in [-0.3, -0.25) is 4.79 Å². The Balaban J connectivity index is 2.20. The third kappa shape index (κ3) is 3.46. The van der Waals surface area contributed by atoms with E-state index in [4.69, 9.17) is 15.4 Å². The third-order valence-electron chi connectivity index (χ3n) is 3.01. The fourth-order valence-electron chi connectivity index (χ4n) is 1.90. The van der Waals surface area contributed by atoms with Crippen LogP contribution < -0.4 is 5.32 Å². The van der Waals surface area contributed by atoms with Gasteiger partial charge in [-0.15, -0.1) is 0 Å². The van der Waals surface area contributed by atoms with Crippen molar-refractivity contribution in [3.63, 3.8) is 0 Å². The molecule has 19 heavy (non-hydrogen) atoms. The van der Waals surface area contributed by atoms with Crippen LogP contribution in [0.1, 0.15) is 23.7 Å². The van der Waals surface area contributed by atoms with Crippen LogP contribution in [-0.2, 0) is 13.8 Å². The van der Waals surface area contributed by atoms with Crippen LogP contribution in [0.4, 0.5) is 0 Å². The lowest BCUT2D eigenvalue weighted by Gasteiger charge is -2.23. The SMILES string of the molecule is CC1(NC(=O)c2cccc(S(=O)(=O)Cl)c2)CCOC1. The van der Waals surface area contributed by atoms with E-state index in [1.807, 2.05) is 6.92 Å². The van der Waals surface area contributed by atoms with Crippen LogP contribution in [0.5, 0.6) is 0 Å². The smallest absolute Gasteiger partial charge is 0.261 e. The molecule has 0 aromatic heterocycles. The highest BCUT2D eigenvalue weighted by Gasteiger charge is 2.31. The van der Waals surface area contributed by atoms with E-state index in [1.165, 1.54) is 18.2 Å². The Bertz CT molecular complexity index is 594. The summed E-state index contributed by atoms with van der Waals surface area (Å²) in [6.45, 7) is 2.94. The van der Waals surface area contributed by atoms with Crippen LogP contribution in [0.25, 0.3) is 0 Å². The molecule has 0 bridgehead atoms. The number of ether oxygens (including phenoxy) is 1. The summed E-state index contributed by atoms with van der Waals surface area (Å²) in [6.07, 6.45) is 0.728. The molecular formula is C12H14ClNO4S. The normalized spacial score (nSPS) is 23.3. The fourth-order valence-corrected chi connectivity index (χ4v) is 2.70. The van der Waals surface area contributed by atoms with Crippen molar-refractivity contribution in [1.29, 1.82) is 0 Å². The van der Waals surface area contributed by atoms with E-state index in [2.05, 4.69) is 5.32 Å². The van der Waals surface area contributed by atoms with E-state index in [9.17, 15) is 13.2 Å². The molecule has 1 fully saturated rings. The van der Waals surface area contributed by atoms with Gasteiger partial charge in [-0.2, -0.15) is 0 Å². The van der Waals surface area contributed by atoms with E-state index >= 15 is 0 Å². The highest BCUT2D eigenvalue weighted by Crippen LogP contribution is 2.20. The lowest BCUT2D eigenvalue weighted by atomic mass is 10.0. The molecule has 1 heterocycles. The maximum absolute atomic E-state index is 12.1. The quantitative estimate of drug-likeness (QED) is 0.859. The van der Waals surface area contributed by atoms with E-state index < -0.39 is 14.6 Å². The van der Waals surface area contributed by atoms with Gasteiger partial charge in [0.25, 0.3) is 15.0 Å². The molecule has 1 amide bonds. The molecule has 1 unspecified atom stereocenters. The zero-order chi connectivity index (χ0) is 14.1. The molecular weight excluding hydrogens is 290 g/mol. The summed E-state index contributed by atoms with van der Waals surface area (Å²) in [7, 11) is 1.42. The molecule has 1 aliphatic heterocycles. The first kappa shape index (κ1) is 14.3. The molecule has 0 radical (unpaired) electrons. The van der Waals surface area contributed by atoms with E-state index in [-0.39, 0.29) is 16.4 Å². The molecule has 1 atom stereocenters. The molecule has 0 saturated carbocycles. The van der Waals surface area contributed by atoms with Gasteiger partial charge in [0.15, 0.2) is 0 Å². The molecule has 7 heteroatoms. The summed E-state index contributed by atoms with van der Waals surface area (Å²) in [4.78, 5) is 12.0. The number of halogens is 1. The predicted molar refractivity (Wildman–Crippen MR) is 70.8 cm³/mol. The Kier molecular flexibility index (Phi) is 3.85. The average molecular weight is 304 g/mol. The van der Waals surface area contributed by atoms with Crippen LogP contribution in [0.2, 0.25) is 0 Å². The van der Waals surface area contributed by atoms with Gasteiger partial charge >= 0.3 is 0 Å². The van der Waals surface area contributed by atoms with E-state index in [1.54, 1.807) is 6.07 Å². The van der Waals surface area contributed by atoms with Crippen molar-refractivity contribution in [1.82, 2.24) is 5.32 Å². The maximum atomic E-state index is 12.1. The third-order valence-corrected chi connectivity index (χ3v) is 4.36. The van der Waals surface area contributed by atoms with Gasteiger partial charge in [0.05, 0.1) is 17.0 Å². The summed E-state index contributed by atoms with van der Waals surface area (Å²) >= 11 is 0. The minimum Gasteiger partial charge on any atom is -0.379 e. The number of carbonyl (C=O) groups is 1. The topological polar surface area (TPSA) is 72.5 Å². The second kappa shape index (κ2) is 5.11. The van der Waals surface area contributed by atoms with E-state index in [0.29, 0.717) is 13.2 Å². The van der Waals surface area contributed by atoms with Crippen LogP contribution in [0.15, 0.2) is 29.2 Å². The number of nitrogens with one attached hydrogen (secondary N) is 1. The minimum absolute atomic E-state index is 0.0883. The summed E-state index contributed by atoms with van der Waals surface area (Å²) in [5.41, 5.74) is -0.151. The van der Waals surface area contributed by atoms with Gasteiger partial charge in [0.1, 0.15) is 0 Å². The van der Waals surface area contributed by atoms with Crippen molar-refractivity contribution in [3.8, 4) is 0 Å². The molecule has 5 nitrogen and oxygen atoms in total. The van der Waals surface area contributed by atoms with Gasteiger partial charge in [0, 0.05) is 22.9 Å². The van der Waals surface area contributed by atoms with Crippen molar-refractivity contribution < 1.29 is 17.9 Å². The monoisotopic (exact) mass is 303 g/mol. The van der Waals surface area contributed by atoms with Crippen LogP contribution >= 0.6 is 10.7 Å². The number of hydrogen-bond donors (Lipinski definition) is 1. The van der Waals surface area contributed by atoms with Crippen molar-refractivity contribution in [2.45, 2.75) is 23.8 Å². The van der Waals surface area contributed by atoms with Crippen LogP contribution in [-0.4, -0.2) is 33.1 Å². The Hall–Kier alpha value is -1.11. The van der Waals surface area contributed by atoms with Crippen molar-refractivity contribution >= 4 is 25.6 Å². The van der Waals surface area contributed by atoms with Gasteiger partial charge in [-0.05, 0) is 31.5 Å². The number of hydrogen-bond acceptors (Lipinski definition) is 4. The Labute approximate surface area is 116 Å². The maximum Gasteiger partial charge on any atom is 0.261 e. The molecule has 2 rings (SSSR count). The number of rotatable bonds is 3. The number of amides is 1. The van der Waals surface area contributed by atoms with Gasteiger partial charge in [-0.1, -0.05) is 6.07 Å². The lowest BCUT2D eigenvalue weighted by molar-refractivity contribution is 0.0889. The molecule has 1 aromatic rings. The van der Waals surface area contributed by atoms with Gasteiger partial charge < -0.3 is 10.1 Å². The first-order chi connectivity index (χ1) is 8.80. The highest BCUT2D eigenvalue weighted by atomic mass is 35.7. The zero-order valence-corrected chi connectivity index (χ0v) is 11.9. The lowest BCUT2D eigenvalue weighted by Crippen LogP contribution is -2.46. The second-order valence-electron chi connectivity index (χ2n) is 4.78. The van der Waals surface area contributed by atoms with E-state index in [0.717, 1.165) is 6.42 Å². The van der Waals surface area contributed by atoms with Crippen molar-refractivity contribution in [3.05, 3.63) is 29.8 Å². The zero-order valence-electron chi connectivity index (χ0n) is 10.3. The molecule has 0 spiro atoms. The number of carbonyl (C=O) groups excluding carboxylic acids is 1. The fraction of sp³-hybridized carbons (Fsp3) is 0.417. The summed E-state index contributed by atoms with van der Waals surface area (Å²) < 4.78 is 27.7. The largest absolute Gasteiger partial charge is 0.379 e. The molecule has 1 aliphatic rings. The molecule has 104 valence electrons. The summed E-state index contributed by atoms with van der Waals surface area (Å²) in [6, 6.07) is 5.63. The van der Waals surface area contributed by atoms with Gasteiger partial charge in [-0.25, -0.2) is 8.42 Å². The summed E-state index contributed by atoms with van der Waals surface area (Å²) in [5, 5.41) is 2.85. The van der Waals surface area contributed by atoms with Crippen molar-refractivity contribution in [2.24, 2.45) is 0 Å². The molecule has 1 saturated heterocycles. The average Bonchev–Trinajstić information content (AvgIpc) is 2.75. The Morgan fingerprint density at radius 3 is 2.79 bits per heavy atom. The van der Waals surface area contributed by atoms with Crippen molar-refractivity contribution in [2.75, 3.05) is 13.2 Å². The molecule has 1 N–H and O–H groups in total. The van der Waals surface area contributed by atoms with Crippen LogP contribution in [0.3, 0.4) is 0 Å². The minimum atomic E-state index is -3.83. The van der Waals surface area contributed by atoms with Gasteiger partial charge in [0.2, 0.25) is 0 Å². The number of benzene rings is 1. The predicted octanol–water partition coefficient (Wildman–Crippen LogP) is 1.52. The highest BCUT2D eigenvalue weighted by molar-refractivity contribution is 8.13. The first-order valence-electron chi connectivity index (χ1n) is 5.75. The summed E-state index contributed by atoms with van der Waals surface area (Å²) in [5.74, 6) is -0.338. The first-order valence-corrected chi connectivity index (χ1v) is 8.06.